The molecule has 0 bridgehead atoms. The van der Waals surface area contributed by atoms with Crippen LogP contribution < -0.4 is 10.2 Å². The van der Waals surface area contributed by atoms with Crippen molar-refractivity contribution in [3.05, 3.63) is 29.8 Å². The van der Waals surface area contributed by atoms with Gasteiger partial charge >= 0.3 is 0 Å². The average Bonchev–Trinajstić information content (AvgIpc) is 2.38. The van der Waals surface area contributed by atoms with Crippen LogP contribution in [0.25, 0.3) is 0 Å². The molecule has 2 atom stereocenters. The number of rotatable bonds is 3. The zero-order chi connectivity index (χ0) is 13.1. The molecule has 1 fully saturated rings. The number of nitrogens with zero attached hydrogens (tertiary/aromatic N) is 1. The van der Waals surface area contributed by atoms with Crippen LogP contribution in [0.4, 0.5) is 14.5 Å². The summed E-state index contributed by atoms with van der Waals surface area (Å²) in [6.45, 7) is 6.37. The molecule has 1 aromatic carbocycles. The number of hydrogen-bond donors (Lipinski definition) is 1. The Kier molecular flexibility index (Phi) is 4.17. The quantitative estimate of drug-likeness (QED) is 0.892. The van der Waals surface area contributed by atoms with Crippen LogP contribution in [-0.4, -0.2) is 25.7 Å². The minimum absolute atomic E-state index is 0.118. The number of hydrogen-bond acceptors (Lipinski definition) is 2. The Morgan fingerprint density at radius 2 is 2.06 bits per heavy atom. The molecule has 1 heterocycles. The maximum Gasteiger partial charge on any atom is 0.149 e. The minimum Gasteiger partial charge on any atom is -0.364 e. The molecule has 0 spiro atoms. The average molecular weight is 254 g/mol. The molecule has 0 saturated carbocycles. The molecule has 1 aliphatic rings. The third kappa shape index (κ3) is 2.64. The molecule has 100 valence electrons. The molecule has 1 aliphatic heterocycles. The highest BCUT2D eigenvalue weighted by Gasteiger charge is 2.26. The van der Waals surface area contributed by atoms with Gasteiger partial charge in [-0.05, 0) is 18.1 Å². The fourth-order valence-corrected chi connectivity index (χ4v) is 2.44. The fourth-order valence-electron chi connectivity index (χ4n) is 2.44. The second-order valence-electron chi connectivity index (χ2n) is 4.96. The Morgan fingerprint density at radius 1 is 1.39 bits per heavy atom. The molecule has 2 nitrogen and oxygen atoms in total. The van der Waals surface area contributed by atoms with E-state index in [-0.39, 0.29) is 5.69 Å². The number of benzene rings is 1. The van der Waals surface area contributed by atoms with Crippen LogP contribution >= 0.6 is 0 Å². The molecule has 2 rings (SSSR count). The monoisotopic (exact) mass is 254 g/mol. The number of halogens is 2. The maximum atomic E-state index is 13.7. The molecule has 0 aromatic heterocycles. The van der Waals surface area contributed by atoms with Crippen molar-refractivity contribution in [2.45, 2.75) is 26.3 Å². The van der Waals surface area contributed by atoms with Gasteiger partial charge in [-0.1, -0.05) is 26.3 Å². The van der Waals surface area contributed by atoms with Crippen molar-refractivity contribution in [1.82, 2.24) is 5.32 Å². The van der Waals surface area contributed by atoms with Crippen LogP contribution in [0, 0.1) is 17.6 Å². The van der Waals surface area contributed by atoms with E-state index in [0.29, 0.717) is 25.0 Å². The van der Waals surface area contributed by atoms with Crippen molar-refractivity contribution in [3.8, 4) is 0 Å². The molecule has 2 unspecified atom stereocenters. The van der Waals surface area contributed by atoms with Crippen LogP contribution in [0.5, 0.6) is 0 Å². The van der Waals surface area contributed by atoms with Gasteiger partial charge in [-0.3, -0.25) is 0 Å². The summed E-state index contributed by atoms with van der Waals surface area (Å²) >= 11 is 0. The van der Waals surface area contributed by atoms with E-state index < -0.39 is 11.6 Å². The molecular weight excluding hydrogens is 234 g/mol. The van der Waals surface area contributed by atoms with Gasteiger partial charge in [0.05, 0.1) is 0 Å². The van der Waals surface area contributed by atoms with Gasteiger partial charge in [-0.25, -0.2) is 8.78 Å². The van der Waals surface area contributed by atoms with Gasteiger partial charge in [0, 0.05) is 25.7 Å². The number of anilines is 1. The van der Waals surface area contributed by atoms with Gasteiger partial charge in [-0.15, -0.1) is 0 Å². The molecule has 1 saturated heterocycles. The van der Waals surface area contributed by atoms with Gasteiger partial charge in [0.1, 0.15) is 17.3 Å². The molecule has 0 amide bonds. The standard InChI is InChI=1S/C14H20F2N2/c1-3-10(2)13-9-18(8-7-17-13)14-11(15)5-4-6-12(14)16/h4-6,10,13,17H,3,7-9H2,1-2H3. The molecule has 0 radical (unpaired) electrons. The number of piperazine rings is 1. The predicted molar refractivity (Wildman–Crippen MR) is 69.8 cm³/mol. The van der Waals surface area contributed by atoms with Crippen molar-refractivity contribution < 1.29 is 8.78 Å². The molecule has 1 N–H and O–H groups in total. The second-order valence-corrected chi connectivity index (χ2v) is 4.96. The molecule has 4 heteroatoms. The lowest BCUT2D eigenvalue weighted by Crippen LogP contribution is -2.53. The normalized spacial score (nSPS) is 22.0. The van der Waals surface area contributed by atoms with Crippen molar-refractivity contribution in [2.75, 3.05) is 24.5 Å². The smallest absolute Gasteiger partial charge is 0.149 e. The highest BCUT2D eigenvalue weighted by Crippen LogP contribution is 2.25. The summed E-state index contributed by atoms with van der Waals surface area (Å²) in [5, 5.41) is 3.42. The topological polar surface area (TPSA) is 15.3 Å². The molecule has 0 aliphatic carbocycles. The van der Waals surface area contributed by atoms with Gasteiger partial charge in [0.25, 0.3) is 0 Å². The van der Waals surface area contributed by atoms with Crippen molar-refractivity contribution >= 4 is 5.69 Å². The first-order valence-corrected chi connectivity index (χ1v) is 6.55. The first kappa shape index (κ1) is 13.3. The SMILES string of the molecule is CCC(C)C1CN(c2c(F)cccc2F)CCN1. The lowest BCUT2D eigenvalue weighted by atomic mass is 9.97. The van der Waals surface area contributed by atoms with Gasteiger partial charge < -0.3 is 10.2 Å². The van der Waals surface area contributed by atoms with Crippen LogP contribution in [0.1, 0.15) is 20.3 Å². The van der Waals surface area contributed by atoms with Crippen molar-refractivity contribution in [2.24, 2.45) is 5.92 Å². The van der Waals surface area contributed by atoms with Gasteiger partial charge in [-0.2, -0.15) is 0 Å². The van der Waals surface area contributed by atoms with Crippen molar-refractivity contribution in [1.29, 1.82) is 0 Å². The summed E-state index contributed by atoms with van der Waals surface area (Å²) in [4.78, 5) is 1.82. The Morgan fingerprint density at radius 3 is 2.67 bits per heavy atom. The summed E-state index contributed by atoms with van der Waals surface area (Å²) in [5.41, 5.74) is 0.118. The van der Waals surface area contributed by atoms with Crippen molar-refractivity contribution in [3.63, 3.8) is 0 Å². The number of nitrogens with one attached hydrogen (secondary N) is 1. The van der Waals surface area contributed by atoms with E-state index in [4.69, 9.17) is 0 Å². The first-order valence-electron chi connectivity index (χ1n) is 6.55. The zero-order valence-corrected chi connectivity index (χ0v) is 10.9. The summed E-state index contributed by atoms with van der Waals surface area (Å²) in [5.74, 6) is -0.442. The summed E-state index contributed by atoms with van der Waals surface area (Å²) < 4.78 is 27.5. The summed E-state index contributed by atoms with van der Waals surface area (Å²) in [7, 11) is 0. The van der Waals surface area contributed by atoms with E-state index in [1.165, 1.54) is 18.2 Å². The van der Waals surface area contributed by atoms with E-state index in [1.807, 2.05) is 4.90 Å². The third-order valence-corrected chi connectivity index (χ3v) is 3.79. The number of para-hydroxylation sites is 1. The summed E-state index contributed by atoms with van der Waals surface area (Å²) in [6.07, 6.45) is 1.06. The Labute approximate surface area is 107 Å². The van der Waals surface area contributed by atoms with Crippen LogP contribution in [0.3, 0.4) is 0 Å². The van der Waals surface area contributed by atoms with E-state index in [2.05, 4.69) is 19.2 Å². The van der Waals surface area contributed by atoms with Crippen LogP contribution in [-0.2, 0) is 0 Å². The molecular formula is C14H20F2N2. The van der Waals surface area contributed by atoms with E-state index in [0.717, 1.165) is 13.0 Å². The first-order chi connectivity index (χ1) is 8.63. The highest BCUT2D eigenvalue weighted by molar-refractivity contribution is 5.49. The van der Waals surface area contributed by atoms with E-state index in [1.54, 1.807) is 0 Å². The lowest BCUT2D eigenvalue weighted by molar-refractivity contribution is 0.339. The lowest BCUT2D eigenvalue weighted by Gasteiger charge is -2.38. The van der Waals surface area contributed by atoms with Crippen LogP contribution in [0.15, 0.2) is 18.2 Å². The van der Waals surface area contributed by atoms with Gasteiger partial charge in [0.15, 0.2) is 0 Å². The Bertz CT molecular complexity index is 389. The summed E-state index contributed by atoms with van der Waals surface area (Å²) in [6, 6.07) is 4.34. The Hall–Kier alpha value is -1.16. The zero-order valence-electron chi connectivity index (χ0n) is 10.9. The second kappa shape index (κ2) is 5.65. The van der Waals surface area contributed by atoms with Gasteiger partial charge in [0.2, 0.25) is 0 Å². The third-order valence-electron chi connectivity index (χ3n) is 3.79. The predicted octanol–water partition coefficient (Wildman–Crippen LogP) is 2.79. The minimum atomic E-state index is -0.472. The van der Waals surface area contributed by atoms with E-state index >= 15 is 0 Å². The largest absolute Gasteiger partial charge is 0.364 e. The highest BCUT2D eigenvalue weighted by atomic mass is 19.1. The Balaban J connectivity index is 2.18. The fraction of sp³-hybridized carbons (Fsp3) is 0.571. The molecule has 1 aromatic rings. The van der Waals surface area contributed by atoms with E-state index in [9.17, 15) is 8.78 Å². The maximum absolute atomic E-state index is 13.7. The molecule has 18 heavy (non-hydrogen) atoms. The van der Waals surface area contributed by atoms with Crippen LogP contribution in [0.2, 0.25) is 0 Å².